The van der Waals surface area contributed by atoms with Crippen molar-refractivity contribution in [2.45, 2.75) is 6.92 Å². The minimum absolute atomic E-state index is 0.134. The van der Waals surface area contributed by atoms with Crippen LogP contribution in [-0.2, 0) is 0 Å². The summed E-state index contributed by atoms with van der Waals surface area (Å²) in [6.07, 6.45) is 0. The van der Waals surface area contributed by atoms with Crippen LogP contribution in [0, 0.1) is 22.9 Å². The molecule has 0 saturated heterocycles. The second kappa shape index (κ2) is 5.49. The number of aryl methyl sites for hydroxylation is 1. The van der Waals surface area contributed by atoms with E-state index in [1.54, 1.807) is 13.0 Å². The van der Waals surface area contributed by atoms with Gasteiger partial charge in [0.15, 0.2) is 0 Å². The quantitative estimate of drug-likeness (QED) is 0.450. The minimum Gasteiger partial charge on any atom is -0.340 e. The van der Waals surface area contributed by atoms with Gasteiger partial charge in [-0.05, 0) is 30.7 Å². The van der Waals surface area contributed by atoms with Crippen molar-refractivity contribution in [1.82, 2.24) is 4.98 Å². The molecule has 1 heterocycles. The summed E-state index contributed by atoms with van der Waals surface area (Å²) in [5.74, 6) is 5.13. The molecule has 4 N–H and O–H groups in total. The van der Waals surface area contributed by atoms with Gasteiger partial charge in [-0.3, -0.25) is 10.1 Å². The maximum Gasteiger partial charge on any atom is 0.276 e. The first kappa shape index (κ1) is 13.7. The number of hydrazine groups is 1. The molecule has 2 rings (SSSR count). The van der Waals surface area contributed by atoms with Gasteiger partial charge in [0.1, 0.15) is 17.5 Å². The number of hydrogen-bond acceptors (Lipinski definition) is 6. The minimum atomic E-state index is -0.565. The van der Waals surface area contributed by atoms with Crippen LogP contribution in [0.2, 0.25) is 0 Å². The SMILES string of the molecule is Cc1cc(F)cc(Nc2cc([N+](=O)[O-])cc(NN)n2)c1. The van der Waals surface area contributed by atoms with Crippen LogP contribution in [-0.4, -0.2) is 9.91 Å². The van der Waals surface area contributed by atoms with Crippen molar-refractivity contribution in [1.29, 1.82) is 0 Å². The van der Waals surface area contributed by atoms with Gasteiger partial charge in [-0.15, -0.1) is 0 Å². The van der Waals surface area contributed by atoms with Gasteiger partial charge in [0.05, 0.1) is 17.1 Å². The molecule has 0 amide bonds. The molecule has 0 bridgehead atoms. The zero-order chi connectivity index (χ0) is 14.7. The van der Waals surface area contributed by atoms with Gasteiger partial charge >= 0.3 is 0 Å². The second-order valence-corrected chi connectivity index (χ2v) is 4.14. The van der Waals surface area contributed by atoms with Crippen molar-refractivity contribution < 1.29 is 9.31 Å². The summed E-state index contributed by atoms with van der Waals surface area (Å²) < 4.78 is 13.3. The third-order valence-corrected chi connectivity index (χ3v) is 2.48. The summed E-state index contributed by atoms with van der Waals surface area (Å²) in [5.41, 5.74) is 3.23. The van der Waals surface area contributed by atoms with Crippen LogP contribution in [0.5, 0.6) is 0 Å². The highest BCUT2D eigenvalue weighted by Gasteiger charge is 2.11. The van der Waals surface area contributed by atoms with E-state index in [9.17, 15) is 14.5 Å². The van der Waals surface area contributed by atoms with Crippen LogP contribution < -0.4 is 16.6 Å². The molecule has 0 saturated carbocycles. The van der Waals surface area contributed by atoms with Crippen molar-refractivity contribution >= 4 is 23.0 Å². The number of rotatable bonds is 4. The van der Waals surface area contributed by atoms with E-state index in [4.69, 9.17) is 5.84 Å². The van der Waals surface area contributed by atoms with Crippen LogP contribution >= 0.6 is 0 Å². The molecule has 1 aromatic carbocycles. The van der Waals surface area contributed by atoms with Gasteiger partial charge in [-0.25, -0.2) is 15.2 Å². The Labute approximate surface area is 113 Å². The molecule has 2 aromatic rings. The standard InChI is InChI=1S/C12H12FN5O2/c1-7-2-8(13)4-9(3-7)15-11-5-10(18(19)20)6-12(16-11)17-14/h2-6H,14H2,1H3,(H2,15,16,17). The van der Waals surface area contributed by atoms with Gasteiger partial charge in [-0.1, -0.05) is 0 Å². The molecule has 0 radical (unpaired) electrons. The maximum atomic E-state index is 13.3. The number of nitrogens with zero attached hydrogens (tertiary/aromatic N) is 2. The number of pyridine rings is 1. The number of anilines is 3. The number of nitrogens with one attached hydrogen (secondary N) is 2. The van der Waals surface area contributed by atoms with E-state index in [0.717, 1.165) is 5.56 Å². The monoisotopic (exact) mass is 277 g/mol. The van der Waals surface area contributed by atoms with E-state index in [2.05, 4.69) is 15.7 Å². The molecule has 20 heavy (non-hydrogen) atoms. The summed E-state index contributed by atoms with van der Waals surface area (Å²) in [7, 11) is 0. The third-order valence-electron chi connectivity index (χ3n) is 2.48. The highest BCUT2D eigenvalue weighted by molar-refractivity contribution is 5.62. The van der Waals surface area contributed by atoms with E-state index >= 15 is 0 Å². The summed E-state index contributed by atoms with van der Waals surface area (Å²) >= 11 is 0. The number of halogens is 1. The largest absolute Gasteiger partial charge is 0.340 e. The number of nitrogen functional groups attached to an aromatic ring is 1. The molecule has 104 valence electrons. The predicted molar refractivity (Wildman–Crippen MR) is 73.1 cm³/mol. The lowest BCUT2D eigenvalue weighted by atomic mass is 10.2. The molecule has 7 nitrogen and oxygen atoms in total. The Bertz CT molecular complexity index is 642. The molecular weight excluding hydrogens is 265 g/mol. The lowest BCUT2D eigenvalue weighted by Gasteiger charge is -2.08. The molecule has 8 heteroatoms. The van der Waals surface area contributed by atoms with Gasteiger partial charge in [0.2, 0.25) is 0 Å². The molecule has 0 aliphatic rings. The van der Waals surface area contributed by atoms with E-state index in [-0.39, 0.29) is 17.3 Å². The van der Waals surface area contributed by atoms with Crippen molar-refractivity contribution in [3.8, 4) is 0 Å². The van der Waals surface area contributed by atoms with Crippen molar-refractivity contribution in [3.63, 3.8) is 0 Å². The fraction of sp³-hybridized carbons (Fsp3) is 0.0833. The fourth-order valence-electron chi connectivity index (χ4n) is 1.72. The first-order valence-electron chi connectivity index (χ1n) is 5.65. The number of nitrogens with two attached hydrogens (primary N) is 1. The van der Waals surface area contributed by atoms with Crippen LogP contribution in [0.4, 0.5) is 27.4 Å². The lowest BCUT2D eigenvalue weighted by molar-refractivity contribution is -0.384. The number of nitro groups is 1. The summed E-state index contributed by atoms with van der Waals surface area (Å²) in [5, 5.41) is 13.6. The third kappa shape index (κ3) is 3.18. The smallest absolute Gasteiger partial charge is 0.276 e. The van der Waals surface area contributed by atoms with Crippen LogP contribution in [0.3, 0.4) is 0 Å². The summed E-state index contributed by atoms with van der Waals surface area (Å²) in [4.78, 5) is 14.3. The van der Waals surface area contributed by atoms with Crippen molar-refractivity contribution in [2.75, 3.05) is 10.7 Å². The zero-order valence-electron chi connectivity index (χ0n) is 10.6. The van der Waals surface area contributed by atoms with Crippen LogP contribution in [0.15, 0.2) is 30.3 Å². The summed E-state index contributed by atoms with van der Waals surface area (Å²) in [6, 6.07) is 6.77. The average Bonchev–Trinajstić information content (AvgIpc) is 2.36. The Morgan fingerprint density at radius 1 is 1.25 bits per heavy atom. The van der Waals surface area contributed by atoms with Gasteiger partial charge in [-0.2, -0.15) is 0 Å². The highest BCUT2D eigenvalue weighted by Crippen LogP contribution is 2.24. The second-order valence-electron chi connectivity index (χ2n) is 4.14. The molecule has 0 unspecified atom stereocenters. The normalized spacial score (nSPS) is 10.2. The average molecular weight is 277 g/mol. The molecule has 0 fully saturated rings. The van der Waals surface area contributed by atoms with E-state index in [1.165, 1.54) is 24.3 Å². The van der Waals surface area contributed by atoms with E-state index in [1.807, 2.05) is 0 Å². The van der Waals surface area contributed by atoms with Crippen LogP contribution in [0.25, 0.3) is 0 Å². The first-order chi connectivity index (χ1) is 9.47. The molecular formula is C12H12FN5O2. The Balaban J connectivity index is 2.37. The molecule has 0 spiro atoms. The van der Waals surface area contributed by atoms with E-state index in [0.29, 0.717) is 5.69 Å². The highest BCUT2D eigenvalue weighted by atomic mass is 19.1. The van der Waals surface area contributed by atoms with Crippen LogP contribution in [0.1, 0.15) is 5.56 Å². The van der Waals surface area contributed by atoms with Crippen molar-refractivity contribution in [3.05, 3.63) is 51.8 Å². The molecule has 1 aromatic heterocycles. The zero-order valence-corrected chi connectivity index (χ0v) is 10.6. The molecule has 0 aliphatic carbocycles. The number of benzene rings is 1. The molecule has 0 aliphatic heterocycles. The first-order valence-corrected chi connectivity index (χ1v) is 5.65. The van der Waals surface area contributed by atoms with Gasteiger partial charge in [0.25, 0.3) is 5.69 Å². The Morgan fingerprint density at radius 3 is 2.55 bits per heavy atom. The Morgan fingerprint density at radius 2 is 1.95 bits per heavy atom. The number of hydrogen-bond donors (Lipinski definition) is 3. The summed E-state index contributed by atoms with van der Waals surface area (Å²) in [6.45, 7) is 1.74. The fourth-order valence-corrected chi connectivity index (χ4v) is 1.72. The van der Waals surface area contributed by atoms with E-state index < -0.39 is 10.7 Å². The topological polar surface area (TPSA) is 106 Å². The van der Waals surface area contributed by atoms with Gasteiger partial charge < -0.3 is 10.7 Å². The van der Waals surface area contributed by atoms with Crippen molar-refractivity contribution in [2.24, 2.45) is 5.84 Å². The number of aromatic nitrogens is 1. The maximum absolute atomic E-state index is 13.3. The Hall–Kier alpha value is -2.74. The van der Waals surface area contributed by atoms with Gasteiger partial charge in [0, 0.05) is 5.69 Å². The predicted octanol–water partition coefficient (Wildman–Crippen LogP) is 2.47. The molecule has 0 atom stereocenters. The lowest BCUT2D eigenvalue weighted by Crippen LogP contribution is -2.10. The Kier molecular flexibility index (Phi) is 3.76.